The lowest BCUT2D eigenvalue weighted by atomic mass is 9.96. The summed E-state index contributed by atoms with van der Waals surface area (Å²) in [5.41, 5.74) is 6.34. The van der Waals surface area contributed by atoms with Crippen LogP contribution in [-0.2, 0) is 14.8 Å². The number of likely N-dealkylation sites (N-methyl/N-ethyl adjacent to an activating group) is 1. The van der Waals surface area contributed by atoms with E-state index in [4.69, 9.17) is 5.73 Å². The molecule has 1 saturated heterocycles. The van der Waals surface area contributed by atoms with E-state index < -0.39 is 45.5 Å². The summed E-state index contributed by atoms with van der Waals surface area (Å²) in [4.78, 5) is 14.2. The molecule has 7 nitrogen and oxygen atoms in total. The number of amides is 1. The molecule has 1 fully saturated rings. The van der Waals surface area contributed by atoms with Crippen LogP contribution in [0.5, 0.6) is 0 Å². The minimum Gasteiger partial charge on any atom is -0.346 e. The topological polar surface area (TPSA) is 105 Å². The monoisotopic (exact) mass is 430 g/mol. The number of carbonyl (C=O) groups excluding carboxylic acids is 1. The maximum atomic E-state index is 13.4. The van der Waals surface area contributed by atoms with Crippen LogP contribution in [0.15, 0.2) is 34.5 Å². The Kier molecular flexibility index (Phi) is 5.74. The van der Waals surface area contributed by atoms with Gasteiger partial charge in [0.25, 0.3) is 5.91 Å². The Morgan fingerprint density at radius 2 is 1.93 bits per heavy atom. The molecule has 2 atom stereocenters. The summed E-state index contributed by atoms with van der Waals surface area (Å²) in [6.45, 7) is 1.69. The van der Waals surface area contributed by atoms with E-state index in [-0.39, 0.29) is 22.7 Å². The van der Waals surface area contributed by atoms with Gasteiger partial charge in [-0.05, 0) is 25.3 Å². The normalized spacial score (nSPS) is 22.5. The van der Waals surface area contributed by atoms with Gasteiger partial charge in [-0.15, -0.1) is 0 Å². The number of rotatable bonds is 3. The van der Waals surface area contributed by atoms with Crippen molar-refractivity contribution in [3.05, 3.63) is 52.0 Å². The fraction of sp³-hybridized carbons (Fsp3) is 0.389. The predicted molar refractivity (Wildman–Crippen MR) is 101 cm³/mol. The first-order valence-electron chi connectivity index (χ1n) is 8.89. The average Bonchev–Trinajstić information content (AvgIpc) is 2.61. The van der Waals surface area contributed by atoms with Crippen LogP contribution in [0, 0.1) is 17.5 Å². The van der Waals surface area contributed by atoms with Crippen molar-refractivity contribution in [3.8, 4) is 0 Å². The minimum absolute atomic E-state index is 0.0280. The van der Waals surface area contributed by atoms with Gasteiger partial charge in [0.15, 0.2) is 17.5 Å². The number of benzene rings is 1. The molecule has 0 saturated carbocycles. The van der Waals surface area contributed by atoms with Crippen molar-refractivity contribution >= 4 is 21.6 Å². The zero-order valence-corrected chi connectivity index (χ0v) is 16.6. The fourth-order valence-corrected chi connectivity index (χ4v) is 4.96. The van der Waals surface area contributed by atoms with Gasteiger partial charge >= 0.3 is 0 Å². The third-order valence-corrected chi connectivity index (χ3v) is 6.47. The molecule has 3 rings (SSSR count). The summed E-state index contributed by atoms with van der Waals surface area (Å²) in [7, 11) is -2.28. The average molecular weight is 430 g/mol. The Balaban J connectivity index is 1.94. The van der Waals surface area contributed by atoms with Crippen molar-refractivity contribution in [1.82, 2.24) is 9.62 Å². The first kappa shape index (κ1) is 21.3. The largest absolute Gasteiger partial charge is 0.346 e. The predicted octanol–water partition coefficient (Wildman–Crippen LogP) is 1.90. The number of hydrogen-bond donors (Lipinski definition) is 3. The molecule has 2 aliphatic rings. The smallest absolute Gasteiger partial charge is 0.272 e. The third kappa shape index (κ3) is 4.31. The highest BCUT2D eigenvalue weighted by Crippen LogP contribution is 2.33. The summed E-state index contributed by atoms with van der Waals surface area (Å²) in [6.07, 6.45) is 2.12. The Morgan fingerprint density at radius 3 is 2.52 bits per heavy atom. The van der Waals surface area contributed by atoms with Crippen LogP contribution >= 0.6 is 0 Å². The quantitative estimate of drug-likeness (QED) is 0.636. The zero-order chi connectivity index (χ0) is 21.5. The molecule has 2 bridgehead atoms. The number of sulfonamides is 1. The highest BCUT2D eigenvalue weighted by Gasteiger charge is 2.34. The van der Waals surface area contributed by atoms with Crippen LogP contribution in [0.4, 0.5) is 18.9 Å². The van der Waals surface area contributed by atoms with Gasteiger partial charge in [0, 0.05) is 49.6 Å². The molecule has 1 aromatic carbocycles. The number of nitrogens with two attached hydrogens (primary N) is 1. The number of halogens is 3. The first-order chi connectivity index (χ1) is 13.5. The van der Waals surface area contributed by atoms with E-state index in [0.717, 1.165) is 0 Å². The van der Waals surface area contributed by atoms with Gasteiger partial charge in [0.2, 0.25) is 10.0 Å². The molecular formula is C18H21F3N4O3S. The summed E-state index contributed by atoms with van der Waals surface area (Å²) < 4.78 is 67.8. The van der Waals surface area contributed by atoms with E-state index in [1.807, 2.05) is 0 Å². The van der Waals surface area contributed by atoms with E-state index in [1.165, 1.54) is 18.1 Å². The molecule has 0 radical (unpaired) electrons. The molecule has 0 aliphatic carbocycles. The van der Waals surface area contributed by atoms with Crippen molar-refractivity contribution in [2.24, 2.45) is 5.73 Å². The van der Waals surface area contributed by atoms with Gasteiger partial charge in [-0.25, -0.2) is 26.3 Å². The van der Waals surface area contributed by atoms with Crippen LogP contribution < -0.4 is 15.8 Å². The van der Waals surface area contributed by atoms with Gasteiger partial charge in [-0.3, -0.25) is 4.79 Å². The third-order valence-electron chi connectivity index (χ3n) is 4.91. The summed E-state index contributed by atoms with van der Waals surface area (Å²) in [5, 5.41) is 2.34. The highest BCUT2D eigenvalue weighted by atomic mass is 32.2. The lowest BCUT2D eigenvalue weighted by Crippen LogP contribution is -2.48. The number of nitrogens with zero attached hydrogens (tertiary/aromatic N) is 1. The number of nitrogens with one attached hydrogen (secondary N) is 2. The Morgan fingerprint density at radius 1 is 1.31 bits per heavy atom. The Labute approximate surface area is 166 Å². The van der Waals surface area contributed by atoms with E-state index in [2.05, 4.69) is 10.0 Å². The zero-order valence-electron chi connectivity index (χ0n) is 15.8. The number of hydrogen-bond acceptors (Lipinski definition) is 5. The van der Waals surface area contributed by atoms with Gasteiger partial charge in [0.1, 0.15) is 5.70 Å². The molecule has 0 spiro atoms. The van der Waals surface area contributed by atoms with Crippen LogP contribution in [-0.4, -0.2) is 38.4 Å². The second kappa shape index (κ2) is 7.81. The van der Waals surface area contributed by atoms with E-state index in [1.54, 1.807) is 6.92 Å². The molecule has 1 amide bonds. The second-order valence-corrected chi connectivity index (χ2v) is 8.94. The molecule has 2 aliphatic heterocycles. The molecule has 1 aromatic rings. The molecule has 29 heavy (non-hydrogen) atoms. The number of carbonyl (C=O) groups is 1. The van der Waals surface area contributed by atoms with E-state index in [9.17, 15) is 26.4 Å². The maximum Gasteiger partial charge on any atom is 0.272 e. The van der Waals surface area contributed by atoms with Gasteiger partial charge < -0.3 is 16.0 Å². The summed E-state index contributed by atoms with van der Waals surface area (Å²) >= 11 is 0. The molecule has 4 N–H and O–H groups in total. The minimum atomic E-state index is -3.78. The van der Waals surface area contributed by atoms with Crippen molar-refractivity contribution < 1.29 is 26.4 Å². The lowest BCUT2D eigenvalue weighted by Gasteiger charge is -2.33. The van der Waals surface area contributed by atoms with Crippen LogP contribution in [0.3, 0.4) is 0 Å². The molecule has 2 heterocycles. The lowest BCUT2D eigenvalue weighted by molar-refractivity contribution is -0.114. The molecule has 0 aromatic heterocycles. The standard InChI is InChI=1S/C18H21F3N4O3S/c1-9(22)15-4-3-10-5-12(29(27,28)24-15)8-25(2)17(10)18(26)23-11-6-13(19)16(21)14(20)7-11/h6-9,15,24H,3-5,22H2,1-2H3,(H,23,26)/t9?,15-/m1/s1. The Hall–Kier alpha value is -2.37. The van der Waals surface area contributed by atoms with Crippen LogP contribution in [0.2, 0.25) is 0 Å². The number of allylic oxidation sites excluding steroid dienone is 2. The van der Waals surface area contributed by atoms with E-state index in [0.29, 0.717) is 30.5 Å². The highest BCUT2D eigenvalue weighted by molar-refractivity contribution is 7.93. The SMILES string of the molecule is CC(N)[C@H]1CCC2=C(C(=O)Nc3cc(F)c(F)c(F)c3)N(C)C=C(C2)S(=O)(=O)N1. The van der Waals surface area contributed by atoms with Crippen LogP contribution in [0.1, 0.15) is 26.2 Å². The molecule has 11 heteroatoms. The van der Waals surface area contributed by atoms with Gasteiger partial charge in [-0.2, -0.15) is 0 Å². The maximum absolute atomic E-state index is 13.4. The van der Waals surface area contributed by atoms with Crippen molar-refractivity contribution in [2.45, 2.75) is 38.3 Å². The number of anilines is 1. The fourth-order valence-electron chi connectivity index (χ4n) is 3.41. The van der Waals surface area contributed by atoms with Crippen molar-refractivity contribution in [2.75, 3.05) is 12.4 Å². The summed E-state index contributed by atoms with van der Waals surface area (Å²) in [5.74, 6) is -5.18. The van der Waals surface area contributed by atoms with E-state index >= 15 is 0 Å². The molecule has 158 valence electrons. The van der Waals surface area contributed by atoms with Crippen molar-refractivity contribution in [3.63, 3.8) is 0 Å². The van der Waals surface area contributed by atoms with Crippen LogP contribution in [0.25, 0.3) is 0 Å². The van der Waals surface area contributed by atoms with Crippen molar-refractivity contribution in [1.29, 1.82) is 0 Å². The molecule has 1 unspecified atom stereocenters. The van der Waals surface area contributed by atoms with Gasteiger partial charge in [-0.1, -0.05) is 0 Å². The Bertz CT molecular complexity index is 998. The van der Waals surface area contributed by atoms with Gasteiger partial charge in [0.05, 0.1) is 4.91 Å². The summed E-state index contributed by atoms with van der Waals surface area (Å²) in [6, 6.07) is 0.394. The number of fused-ring (bicyclic) bond motifs is 2. The second-order valence-electron chi connectivity index (χ2n) is 7.17. The molecular weight excluding hydrogens is 409 g/mol. The first-order valence-corrected chi connectivity index (χ1v) is 10.4.